The van der Waals surface area contributed by atoms with Gasteiger partial charge in [0, 0.05) is 26.9 Å². The maximum Gasteiger partial charge on any atom is 0.0314 e. The molecule has 0 unspecified atom stereocenters. The number of benzene rings is 2. The molecule has 1 N–H and O–H groups in total. The van der Waals surface area contributed by atoms with Crippen molar-refractivity contribution in [1.82, 2.24) is 5.32 Å². The summed E-state index contributed by atoms with van der Waals surface area (Å²) < 4.78 is 1.15. The zero-order valence-corrected chi connectivity index (χ0v) is 13.0. The standard InChI is InChI=1S/C16H16BrNS/c17-15-3-1-2-4-16(15)19-14-9-5-12(6-10-14)11-18-13-7-8-13/h1-6,9-10,13,18H,7-8,11H2. The van der Waals surface area contributed by atoms with Gasteiger partial charge in [0.15, 0.2) is 0 Å². The fourth-order valence-corrected chi connectivity index (χ4v) is 3.25. The molecule has 1 fully saturated rings. The zero-order valence-electron chi connectivity index (χ0n) is 10.6. The maximum atomic E-state index is 3.59. The molecule has 19 heavy (non-hydrogen) atoms. The Balaban J connectivity index is 1.63. The van der Waals surface area contributed by atoms with Gasteiger partial charge in [0.1, 0.15) is 0 Å². The van der Waals surface area contributed by atoms with Crippen molar-refractivity contribution in [3.05, 3.63) is 58.6 Å². The van der Waals surface area contributed by atoms with Gasteiger partial charge in [0.25, 0.3) is 0 Å². The summed E-state index contributed by atoms with van der Waals surface area (Å²) in [4.78, 5) is 2.54. The number of nitrogens with one attached hydrogen (secondary N) is 1. The molecule has 1 aliphatic rings. The Morgan fingerprint density at radius 3 is 2.47 bits per heavy atom. The van der Waals surface area contributed by atoms with Crippen molar-refractivity contribution >= 4 is 27.7 Å². The Hall–Kier alpha value is -0.770. The molecule has 0 aromatic heterocycles. The molecule has 0 radical (unpaired) electrons. The second-order valence-corrected chi connectivity index (χ2v) is 6.80. The van der Waals surface area contributed by atoms with Crippen LogP contribution >= 0.6 is 27.7 Å². The third-order valence-electron chi connectivity index (χ3n) is 3.16. The lowest BCUT2D eigenvalue weighted by Crippen LogP contribution is -2.14. The Kier molecular flexibility index (Phi) is 4.26. The minimum Gasteiger partial charge on any atom is -0.310 e. The van der Waals surface area contributed by atoms with Gasteiger partial charge in [0.2, 0.25) is 0 Å². The second kappa shape index (κ2) is 6.12. The monoisotopic (exact) mass is 333 g/mol. The zero-order chi connectivity index (χ0) is 13.1. The largest absolute Gasteiger partial charge is 0.310 e. The van der Waals surface area contributed by atoms with Gasteiger partial charge < -0.3 is 5.32 Å². The topological polar surface area (TPSA) is 12.0 Å². The van der Waals surface area contributed by atoms with Crippen molar-refractivity contribution in [3.63, 3.8) is 0 Å². The van der Waals surface area contributed by atoms with Gasteiger partial charge in [-0.15, -0.1) is 0 Å². The molecule has 1 saturated carbocycles. The molecule has 98 valence electrons. The highest BCUT2D eigenvalue weighted by Gasteiger charge is 2.19. The number of halogens is 1. The summed E-state index contributed by atoms with van der Waals surface area (Å²) in [5, 5.41) is 3.54. The summed E-state index contributed by atoms with van der Waals surface area (Å²) in [6, 6.07) is 17.9. The molecular formula is C16H16BrNS. The molecule has 0 spiro atoms. The molecule has 0 atom stereocenters. The van der Waals surface area contributed by atoms with Crippen LogP contribution in [0.4, 0.5) is 0 Å². The van der Waals surface area contributed by atoms with E-state index in [0.29, 0.717) is 0 Å². The van der Waals surface area contributed by atoms with Crippen molar-refractivity contribution < 1.29 is 0 Å². The molecule has 0 amide bonds. The van der Waals surface area contributed by atoms with Gasteiger partial charge in [0.05, 0.1) is 0 Å². The molecule has 2 aromatic carbocycles. The van der Waals surface area contributed by atoms with E-state index < -0.39 is 0 Å². The van der Waals surface area contributed by atoms with E-state index in [1.807, 2.05) is 6.07 Å². The number of rotatable bonds is 5. The van der Waals surface area contributed by atoms with Gasteiger partial charge in [-0.05, 0) is 58.6 Å². The van der Waals surface area contributed by atoms with Crippen LogP contribution in [0.15, 0.2) is 62.8 Å². The summed E-state index contributed by atoms with van der Waals surface area (Å²) in [6.45, 7) is 0.991. The van der Waals surface area contributed by atoms with E-state index in [9.17, 15) is 0 Å². The highest BCUT2D eigenvalue weighted by Crippen LogP contribution is 2.33. The van der Waals surface area contributed by atoms with Crippen LogP contribution < -0.4 is 5.32 Å². The predicted octanol–water partition coefficient (Wildman–Crippen LogP) is 4.85. The molecule has 3 rings (SSSR count). The van der Waals surface area contributed by atoms with E-state index in [-0.39, 0.29) is 0 Å². The summed E-state index contributed by atoms with van der Waals surface area (Å²) in [7, 11) is 0. The van der Waals surface area contributed by atoms with E-state index >= 15 is 0 Å². The van der Waals surface area contributed by atoms with Gasteiger partial charge in [-0.2, -0.15) is 0 Å². The highest BCUT2D eigenvalue weighted by molar-refractivity contribution is 9.10. The number of hydrogen-bond acceptors (Lipinski definition) is 2. The van der Waals surface area contributed by atoms with Crippen LogP contribution in [-0.4, -0.2) is 6.04 Å². The predicted molar refractivity (Wildman–Crippen MR) is 84.6 cm³/mol. The molecule has 0 saturated heterocycles. The molecular weight excluding hydrogens is 318 g/mol. The summed E-state index contributed by atoms with van der Waals surface area (Å²) in [5.41, 5.74) is 1.36. The highest BCUT2D eigenvalue weighted by atomic mass is 79.9. The van der Waals surface area contributed by atoms with Crippen molar-refractivity contribution in [2.75, 3.05) is 0 Å². The van der Waals surface area contributed by atoms with Crippen LogP contribution in [0.3, 0.4) is 0 Å². The summed E-state index contributed by atoms with van der Waals surface area (Å²) in [6.07, 6.45) is 2.69. The molecule has 0 aliphatic heterocycles. The second-order valence-electron chi connectivity index (χ2n) is 4.83. The lowest BCUT2D eigenvalue weighted by molar-refractivity contribution is 0.687. The Bertz CT molecular complexity index is 549. The fraction of sp³-hybridized carbons (Fsp3) is 0.250. The third-order valence-corrected chi connectivity index (χ3v) is 5.20. The first-order valence-corrected chi connectivity index (χ1v) is 8.17. The minimum atomic E-state index is 0.773. The van der Waals surface area contributed by atoms with Crippen molar-refractivity contribution in [2.24, 2.45) is 0 Å². The Labute approximate surface area is 126 Å². The minimum absolute atomic E-state index is 0.773. The molecule has 0 heterocycles. The summed E-state index contributed by atoms with van der Waals surface area (Å²) in [5.74, 6) is 0. The van der Waals surface area contributed by atoms with Crippen molar-refractivity contribution in [2.45, 2.75) is 35.2 Å². The van der Waals surface area contributed by atoms with Crippen LogP contribution in [0.5, 0.6) is 0 Å². The van der Waals surface area contributed by atoms with Crippen LogP contribution in [0, 0.1) is 0 Å². The van der Waals surface area contributed by atoms with Crippen molar-refractivity contribution in [3.8, 4) is 0 Å². The van der Waals surface area contributed by atoms with E-state index in [1.165, 1.54) is 28.2 Å². The van der Waals surface area contributed by atoms with Crippen LogP contribution in [0.2, 0.25) is 0 Å². The van der Waals surface area contributed by atoms with E-state index in [0.717, 1.165) is 17.1 Å². The van der Waals surface area contributed by atoms with Crippen molar-refractivity contribution in [1.29, 1.82) is 0 Å². The van der Waals surface area contributed by atoms with Crippen LogP contribution in [0.1, 0.15) is 18.4 Å². The first-order valence-electron chi connectivity index (χ1n) is 6.56. The Morgan fingerprint density at radius 2 is 1.79 bits per heavy atom. The smallest absolute Gasteiger partial charge is 0.0314 e. The molecule has 1 aliphatic carbocycles. The lowest BCUT2D eigenvalue weighted by Gasteiger charge is -2.06. The third kappa shape index (κ3) is 3.85. The van der Waals surface area contributed by atoms with Gasteiger partial charge >= 0.3 is 0 Å². The van der Waals surface area contributed by atoms with Gasteiger partial charge in [-0.3, -0.25) is 0 Å². The van der Waals surface area contributed by atoms with E-state index in [1.54, 1.807) is 11.8 Å². The average molecular weight is 334 g/mol. The van der Waals surface area contributed by atoms with Gasteiger partial charge in [-0.1, -0.05) is 36.0 Å². The van der Waals surface area contributed by atoms with E-state index in [4.69, 9.17) is 0 Å². The van der Waals surface area contributed by atoms with Crippen LogP contribution in [-0.2, 0) is 6.54 Å². The molecule has 3 heteroatoms. The van der Waals surface area contributed by atoms with Gasteiger partial charge in [-0.25, -0.2) is 0 Å². The quantitative estimate of drug-likeness (QED) is 0.839. The summed E-state index contributed by atoms with van der Waals surface area (Å²) >= 11 is 5.38. The van der Waals surface area contributed by atoms with E-state index in [2.05, 4.69) is 63.7 Å². The lowest BCUT2D eigenvalue weighted by atomic mass is 10.2. The van der Waals surface area contributed by atoms with Crippen LogP contribution in [0.25, 0.3) is 0 Å². The fourth-order valence-electron chi connectivity index (χ4n) is 1.88. The number of hydrogen-bond donors (Lipinski definition) is 1. The maximum absolute atomic E-state index is 3.59. The molecule has 0 bridgehead atoms. The first-order chi connectivity index (χ1) is 9.31. The Morgan fingerprint density at radius 1 is 1.05 bits per heavy atom. The molecule has 2 aromatic rings. The first kappa shape index (κ1) is 13.2. The SMILES string of the molecule is Brc1ccccc1Sc1ccc(CNC2CC2)cc1. The normalized spacial score (nSPS) is 14.6. The molecule has 1 nitrogen and oxygen atoms in total. The average Bonchev–Trinajstić information content (AvgIpc) is 3.25.